The first-order valence-corrected chi connectivity index (χ1v) is 6.20. The maximum absolute atomic E-state index is 11.4. The molecule has 100 valence electrons. The number of hydrogen-bond acceptors (Lipinski definition) is 3. The van der Waals surface area contributed by atoms with Gasteiger partial charge >= 0.3 is 6.09 Å². The van der Waals surface area contributed by atoms with Crippen LogP contribution in [0.2, 0.25) is 0 Å². The lowest BCUT2D eigenvalue weighted by atomic mass is 10.1. The van der Waals surface area contributed by atoms with Crippen molar-refractivity contribution in [2.24, 2.45) is 5.92 Å². The molecule has 0 aromatic heterocycles. The van der Waals surface area contributed by atoms with Gasteiger partial charge in [0.2, 0.25) is 0 Å². The molecule has 0 bridgehead atoms. The van der Waals surface area contributed by atoms with E-state index in [0.717, 1.165) is 5.56 Å². The second kappa shape index (κ2) is 7.71. The minimum Gasteiger partial charge on any atom is -0.445 e. The number of benzene rings is 1. The lowest BCUT2D eigenvalue weighted by Crippen LogP contribution is -2.33. The van der Waals surface area contributed by atoms with Crippen LogP contribution < -0.4 is 5.32 Å². The Morgan fingerprint density at radius 2 is 2.00 bits per heavy atom. The third-order valence-corrected chi connectivity index (χ3v) is 2.44. The quantitative estimate of drug-likeness (QED) is 0.815. The van der Waals surface area contributed by atoms with Gasteiger partial charge in [-0.25, -0.2) is 4.79 Å². The Labute approximate surface area is 108 Å². The Morgan fingerprint density at radius 3 is 2.61 bits per heavy atom. The van der Waals surface area contributed by atoms with Crippen LogP contribution in [0, 0.1) is 5.92 Å². The predicted octanol–water partition coefficient (Wildman–Crippen LogP) is 2.32. The van der Waals surface area contributed by atoms with Crippen molar-refractivity contribution >= 4 is 6.09 Å². The highest BCUT2D eigenvalue weighted by Gasteiger charge is 2.09. The molecule has 2 N–H and O–H groups in total. The molecule has 1 aromatic rings. The van der Waals surface area contributed by atoms with Crippen molar-refractivity contribution in [2.45, 2.75) is 33.0 Å². The minimum absolute atomic E-state index is 0.228. The van der Waals surface area contributed by atoms with Gasteiger partial charge in [0.15, 0.2) is 0 Å². The molecular weight excluding hydrogens is 230 g/mol. The fraction of sp³-hybridized carbons (Fsp3) is 0.500. The number of nitrogens with one attached hydrogen (secondary N) is 1. The van der Waals surface area contributed by atoms with Crippen LogP contribution in [-0.2, 0) is 11.3 Å². The summed E-state index contributed by atoms with van der Waals surface area (Å²) in [6, 6.07) is 9.47. The zero-order valence-corrected chi connectivity index (χ0v) is 10.9. The molecule has 18 heavy (non-hydrogen) atoms. The zero-order valence-electron chi connectivity index (χ0n) is 10.9. The molecule has 0 radical (unpaired) electrons. The van der Waals surface area contributed by atoms with Gasteiger partial charge in [-0.2, -0.15) is 0 Å². The highest BCUT2D eigenvalue weighted by molar-refractivity contribution is 5.67. The van der Waals surface area contributed by atoms with E-state index >= 15 is 0 Å². The fourth-order valence-electron chi connectivity index (χ4n) is 1.60. The van der Waals surface area contributed by atoms with E-state index < -0.39 is 12.2 Å². The van der Waals surface area contributed by atoms with E-state index in [9.17, 15) is 9.90 Å². The molecule has 0 aliphatic rings. The second-order valence-corrected chi connectivity index (χ2v) is 4.73. The average molecular weight is 251 g/mol. The van der Waals surface area contributed by atoms with E-state index in [4.69, 9.17) is 4.74 Å². The Hall–Kier alpha value is -1.55. The summed E-state index contributed by atoms with van der Waals surface area (Å²) in [6.45, 7) is 4.52. The van der Waals surface area contributed by atoms with E-state index in [2.05, 4.69) is 5.32 Å². The number of amides is 1. The number of rotatable bonds is 6. The number of carbonyl (C=O) groups is 1. The van der Waals surface area contributed by atoms with Gasteiger partial charge < -0.3 is 15.2 Å². The van der Waals surface area contributed by atoms with Crippen molar-refractivity contribution in [2.75, 3.05) is 6.54 Å². The fourth-order valence-corrected chi connectivity index (χ4v) is 1.60. The maximum Gasteiger partial charge on any atom is 0.407 e. The van der Waals surface area contributed by atoms with Gasteiger partial charge in [-0.05, 0) is 17.9 Å². The van der Waals surface area contributed by atoms with Crippen LogP contribution in [0.5, 0.6) is 0 Å². The van der Waals surface area contributed by atoms with E-state index in [1.54, 1.807) is 0 Å². The first-order valence-electron chi connectivity index (χ1n) is 6.20. The van der Waals surface area contributed by atoms with Gasteiger partial charge in [0, 0.05) is 6.54 Å². The molecule has 1 amide bonds. The van der Waals surface area contributed by atoms with Gasteiger partial charge in [-0.1, -0.05) is 44.2 Å². The Kier molecular flexibility index (Phi) is 6.22. The molecule has 0 aliphatic carbocycles. The molecule has 0 heterocycles. The van der Waals surface area contributed by atoms with E-state index in [-0.39, 0.29) is 13.2 Å². The smallest absolute Gasteiger partial charge is 0.407 e. The molecule has 1 atom stereocenters. The average Bonchev–Trinajstić information content (AvgIpc) is 2.34. The van der Waals surface area contributed by atoms with Crippen LogP contribution in [0.3, 0.4) is 0 Å². The van der Waals surface area contributed by atoms with Gasteiger partial charge in [-0.15, -0.1) is 0 Å². The summed E-state index contributed by atoms with van der Waals surface area (Å²) in [5.74, 6) is 0.405. The number of hydrogen-bond donors (Lipinski definition) is 2. The normalized spacial score (nSPS) is 12.2. The van der Waals surface area contributed by atoms with Crippen LogP contribution >= 0.6 is 0 Å². The molecule has 0 saturated carbocycles. The molecule has 1 aromatic carbocycles. The summed E-state index contributed by atoms with van der Waals surface area (Å²) in [6.07, 6.45) is -0.352. The third-order valence-electron chi connectivity index (χ3n) is 2.44. The number of alkyl carbamates (subject to hydrolysis) is 1. The largest absolute Gasteiger partial charge is 0.445 e. The maximum atomic E-state index is 11.4. The number of aliphatic hydroxyl groups excluding tert-OH is 1. The third kappa shape index (κ3) is 6.25. The van der Waals surface area contributed by atoms with Crippen molar-refractivity contribution in [1.29, 1.82) is 0 Å². The number of ether oxygens (including phenoxy) is 1. The highest BCUT2D eigenvalue weighted by atomic mass is 16.5. The predicted molar refractivity (Wildman–Crippen MR) is 70.1 cm³/mol. The Balaban J connectivity index is 2.18. The lowest BCUT2D eigenvalue weighted by Gasteiger charge is -2.13. The molecule has 0 fully saturated rings. The van der Waals surface area contributed by atoms with Crippen molar-refractivity contribution in [3.05, 3.63) is 35.9 Å². The summed E-state index contributed by atoms with van der Waals surface area (Å²) in [5, 5.41) is 12.1. The van der Waals surface area contributed by atoms with Gasteiger partial charge in [-0.3, -0.25) is 0 Å². The van der Waals surface area contributed by atoms with Crippen LogP contribution in [0.1, 0.15) is 25.8 Å². The molecule has 4 nitrogen and oxygen atoms in total. The summed E-state index contributed by atoms with van der Waals surface area (Å²) in [7, 11) is 0. The first kappa shape index (κ1) is 14.5. The highest BCUT2D eigenvalue weighted by Crippen LogP contribution is 2.04. The van der Waals surface area contributed by atoms with Crippen LogP contribution in [0.15, 0.2) is 30.3 Å². The second-order valence-electron chi connectivity index (χ2n) is 4.73. The molecule has 0 spiro atoms. The van der Waals surface area contributed by atoms with Gasteiger partial charge in [0.1, 0.15) is 6.61 Å². The van der Waals surface area contributed by atoms with E-state index in [0.29, 0.717) is 12.3 Å². The lowest BCUT2D eigenvalue weighted by molar-refractivity contribution is 0.118. The molecule has 4 heteroatoms. The number of carbonyl (C=O) groups excluding carboxylic acids is 1. The molecule has 1 unspecified atom stereocenters. The summed E-state index contributed by atoms with van der Waals surface area (Å²) >= 11 is 0. The van der Waals surface area contributed by atoms with E-state index in [1.165, 1.54) is 0 Å². The molecule has 1 rings (SSSR count). The zero-order chi connectivity index (χ0) is 13.4. The minimum atomic E-state index is -0.519. The van der Waals surface area contributed by atoms with Gasteiger partial charge in [0.05, 0.1) is 6.10 Å². The first-order chi connectivity index (χ1) is 8.58. The monoisotopic (exact) mass is 251 g/mol. The standard InChI is InChI=1S/C14H21NO3/c1-11(2)8-13(16)9-15-14(17)18-10-12-6-4-3-5-7-12/h3-7,11,13,16H,8-10H2,1-2H3,(H,15,17). The summed E-state index contributed by atoms with van der Waals surface area (Å²) in [4.78, 5) is 11.4. The Morgan fingerprint density at radius 1 is 1.33 bits per heavy atom. The molecule has 0 saturated heterocycles. The summed E-state index contributed by atoms with van der Waals surface area (Å²) in [5.41, 5.74) is 0.940. The SMILES string of the molecule is CC(C)CC(O)CNC(=O)OCc1ccccc1. The van der Waals surface area contributed by atoms with Gasteiger partial charge in [0.25, 0.3) is 0 Å². The summed E-state index contributed by atoms with van der Waals surface area (Å²) < 4.78 is 5.02. The molecule has 0 aliphatic heterocycles. The van der Waals surface area contributed by atoms with Crippen molar-refractivity contribution in [3.8, 4) is 0 Å². The number of aliphatic hydroxyl groups is 1. The van der Waals surface area contributed by atoms with Crippen LogP contribution in [0.4, 0.5) is 4.79 Å². The molecular formula is C14H21NO3. The topological polar surface area (TPSA) is 58.6 Å². The van der Waals surface area contributed by atoms with E-state index in [1.807, 2.05) is 44.2 Å². The van der Waals surface area contributed by atoms with Crippen molar-refractivity contribution < 1.29 is 14.6 Å². The van der Waals surface area contributed by atoms with Crippen LogP contribution in [-0.4, -0.2) is 23.8 Å². The van der Waals surface area contributed by atoms with Crippen molar-refractivity contribution in [3.63, 3.8) is 0 Å². The van der Waals surface area contributed by atoms with Crippen molar-refractivity contribution in [1.82, 2.24) is 5.32 Å². The van der Waals surface area contributed by atoms with Crippen LogP contribution in [0.25, 0.3) is 0 Å². The Bertz CT molecular complexity index is 351.